The molecule has 0 saturated heterocycles. The summed E-state index contributed by atoms with van der Waals surface area (Å²) in [7, 11) is 0. The predicted octanol–water partition coefficient (Wildman–Crippen LogP) is 6.55. The minimum Gasteiger partial charge on any atom is -0.0786 e. The molecule has 0 radical (unpaired) electrons. The van der Waals surface area contributed by atoms with Gasteiger partial charge in [-0.25, -0.2) is 0 Å². The van der Waals surface area contributed by atoms with Crippen LogP contribution in [0.1, 0.15) is 68.7 Å². The first kappa shape index (κ1) is 19.6. The second kappa shape index (κ2) is 10.2. The highest BCUT2D eigenvalue weighted by Gasteiger charge is 2.08. The van der Waals surface area contributed by atoms with E-state index < -0.39 is 0 Å². The maximum absolute atomic E-state index is 2.30. The molecule has 0 bridgehead atoms. The van der Waals surface area contributed by atoms with Gasteiger partial charge in [-0.05, 0) is 31.6 Å². The first-order chi connectivity index (χ1) is 8.28. The largest absolute Gasteiger partial charge is 0.0786 e. The van der Waals surface area contributed by atoms with E-state index in [1.807, 2.05) is 13.8 Å². The normalized spacial score (nSPS) is 13.9. The van der Waals surface area contributed by atoms with E-state index in [1.165, 1.54) is 17.6 Å². The fraction of sp³-hybridized carbons (Fsp3) is 0.667. The van der Waals surface area contributed by atoms with Crippen molar-refractivity contribution in [1.82, 2.24) is 0 Å². The maximum Gasteiger partial charge on any atom is -0.0174 e. The van der Waals surface area contributed by atoms with Gasteiger partial charge in [0, 0.05) is 0 Å². The average Bonchev–Trinajstić information content (AvgIpc) is 2.35. The molecule has 0 heterocycles. The van der Waals surface area contributed by atoms with E-state index in [-0.39, 0.29) is 0 Å². The lowest BCUT2D eigenvalue weighted by molar-refractivity contribution is 0.462. The Balaban J connectivity index is 0. The molecule has 0 spiro atoms. The van der Waals surface area contributed by atoms with Gasteiger partial charge in [-0.15, -0.1) is 0 Å². The molecule has 0 atom stereocenters. The molecule has 0 aromatic rings. The van der Waals surface area contributed by atoms with Crippen LogP contribution < -0.4 is 0 Å². The Kier molecular flexibility index (Phi) is 11.1. The van der Waals surface area contributed by atoms with Crippen molar-refractivity contribution in [3.05, 3.63) is 35.5 Å². The van der Waals surface area contributed by atoms with E-state index in [2.05, 4.69) is 72.8 Å². The van der Waals surface area contributed by atoms with Gasteiger partial charge >= 0.3 is 0 Å². The Labute approximate surface area is 116 Å². The molecular weight excluding hydrogens is 216 g/mol. The molecule has 0 unspecified atom stereocenters. The van der Waals surface area contributed by atoms with Crippen LogP contribution in [0.3, 0.4) is 0 Å². The topological polar surface area (TPSA) is 0 Å². The highest BCUT2D eigenvalue weighted by atomic mass is 14.1. The van der Waals surface area contributed by atoms with Gasteiger partial charge in [0.05, 0.1) is 0 Å². The zero-order chi connectivity index (χ0) is 14.8. The Bertz CT molecular complexity index is 285. The van der Waals surface area contributed by atoms with E-state index in [0.717, 1.165) is 0 Å². The van der Waals surface area contributed by atoms with Gasteiger partial charge in [-0.3, -0.25) is 0 Å². The fourth-order valence-corrected chi connectivity index (χ4v) is 0.986. The number of allylic oxidation sites excluding steroid dienone is 6. The summed E-state index contributed by atoms with van der Waals surface area (Å²) in [5, 5.41) is 0. The van der Waals surface area contributed by atoms with Crippen molar-refractivity contribution in [2.75, 3.05) is 0 Å². The summed E-state index contributed by atoms with van der Waals surface area (Å²) in [6.45, 7) is 19.6. The third kappa shape index (κ3) is 10.4. The summed E-state index contributed by atoms with van der Waals surface area (Å²) >= 11 is 0. The molecular formula is C18H34. The zero-order valence-corrected chi connectivity index (χ0v) is 14.1. The quantitative estimate of drug-likeness (QED) is 0.485. The number of hydrogen-bond donors (Lipinski definition) is 0. The van der Waals surface area contributed by atoms with Gasteiger partial charge in [-0.2, -0.15) is 0 Å². The second-order valence-electron chi connectivity index (χ2n) is 5.65. The molecule has 0 aliphatic heterocycles. The van der Waals surface area contributed by atoms with Gasteiger partial charge in [0.25, 0.3) is 0 Å². The minimum absolute atomic E-state index is 0.311. The van der Waals surface area contributed by atoms with Crippen LogP contribution in [0.15, 0.2) is 35.5 Å². The molecule has 18 heavy (non-hydrogen) atoms. The Morgan fingerprint density at radius 3 is 1.94 bits per heavy atom. The second-order valence-corrected chi connectivity index (χ2v) is 5.65. The lowest BCUT2D eigenvalue weighted by Gasteiger charge is -2.16. The van der Waals surface area contributed by atoms with Crippen molar-refractivity contribution in [2.24, 2.45) is 11.3 Å². The van der Waals surface area contributed by atoms with Crippen LogP contribution >= 0.6 is 0 Å². The molecule has 0 heteroatoms. The van der Waals surface area contributed by atoms with E-state index in [0.29, 0.717) is 11.3 Å². The van der Waals surface area contributed by atoms with Crippen molar-refractivity contribution in [2.45, 2.75) is 68.7 Å². The van der Waals surface area contributed by atoms with Crippen molar-refractivity contribution in [3.8, 4) is 0 Å². The summed E-state index contributed by atoms with van der Waals surface area (Å²) < 4.78 is 0. The maximum atomic E-state index is 2.30. The van der Waals surface area contributed by atoms with Crippen molar-refractivity contribution in [1.29, 1.82) is 0 Å². The summed E-state index contributed by atoms with van der Waals surface area (Å²) in [6.07, 6.45) is 10.1. The molecule has 0 fully saturated rings. The molecule has 0 rings (SSSR count). The molecule has 0 nitrogen and oxygen atoms in total. The SMILES string of the molecule is CC.CCC(C)(C)/C=C/C(C)=C/C=C(\C)C(C)C. The molecule has 0 aromatic carbocycles. The van der Waals surface area contributed by atoms with Crippen LogP contribution in [0.5, 0.6) is 0 Å². The van der Waals surface area contributed by atoms with Crippen molar-refractivity contribution in [3.63, 3.8) is 0 Å². The highest BCUT2D eigenvalue weighted by Crippen LogP contribution is 2.22. The van der Waals surface area contributed by atoms with Crippen molar-refractivity contribution >= 4 is 0 Å². The van der Waals surface area contributed by atoms with Gasteiger partial charge in [0.2, 0.25) is 0 Å². The van der Waals surface area contributed by atoms with Crippen LogP contribution in [0.25, 0.3) is 0 Å². The first-order valence-electron chi connectivity index (χ1n) is 7.33. The smallest absolute Gasteiger partial charge is 0.0174 e. The van der Waals surface area contributed by atoms with E-state index in [9.17, 15) is 0 Å². The van der Waals surface area contributed by atoms with Crippen molar-refractivity contribution < 1.29 is 0 Å². The summed E-state index contributed by atoms with van der Waals surface area (Å²) in [5.41, 5.74) is 3.07. The van der Waals surface area contributed by atoms with Gasteiger partial charge in [0.1, 0.15) is 0 Å². The minimum atomic E-state index is 0.311. The van der Waals surface area contributed by atoms with Crippen LogP contribution in [0, 0.1) is 11.3 Å². The third-order valence-electron chi connectivity index (χ3n) is 3.23. The van der Waals surface area contributed by atoms with E-state index >= 15 is 0 Å². The van der Waals surface area contributed by atoms with Gasteiger partial charge < -0.3 is 0 Å². The molecule has 0 aliphatic carbocycles. The summed E-state index contributed by atoms with van der Waals surface area (Å²) in [6, 6.07) is 0. The van der Waals surface area contributed by atoms with Crippen LogP contribution in [-0.4, -0.2) is 0 Å². The zero-order valence-electron chi connectivity index (χ0n) is 14.1. The van der Waals surface area contributed by atoms with Gasteiger partial charge in [0.15, 0.2) is 0 Å². The Morgan fingerprint density at radius 1 is 1.06 bits per heavy atom. The third-order valence-corrected chi connectivity index (χ3v) is 3.23. The molecule has 0 aliphatic rings. The fourth-order valence-electron chi connectivity index (χ4n) is 0.986. The summed E-state index contributed by atoms with van der Waals surface area (Å²) in [5.74, 6) is 0.639. The average molecular weight is 250 g/mol. The molecule has 0 aromatic heterocycles. The lowest BCUT2D eigenvalue weighted by atomic mass is 9.89. The Hall–Kier alpha value is -0.780. The van der Waals surface area contributed by atoms with E-state index in [4.69, 9.17) is 0 Å². The summed E-state index contributed by atoms with van der Waals surface area (Å²) in [4.78, 5) is 0. The van der Waals surface area contributed by atoms with Crippen LogP contribution in [0.2, 0.25) is 0 Å². The van der Waals surface area contributed by atoms with E-state index in [1.54, 1.807) is 0 Å². The molecule has 0 amide bonds. The molecule has 0 saturated carbocycles. The number of rotatable bonds is 5. The first-order valence-corrected chi connectivity index (χ1v) is 7.33. The van der Waals surface area contributed by atoms with Gasteiger partial charge in [-0.1, -0.05) is 83.9 Å². The predicted molar refractivity (Wildman–Crippen MR) is 86.9 cm³/mol. The lowest BCUT2D eigenvalue weighted by Crippen LogP contribution is -2.04. The molecule has 0 N–H and O–H groups in total. The highest BCUT2D eigenvalue weighted by molar-refractivity contribution is 5.25. The monoisotopic (exact) mass is 250 g/mol. The molecule has 106 valence electrons. The van der Waals surface area contributed by atoms with Crippen LogP contribution in [-0.2, 0) is 0 Å². The van der Waals surface area contributed by atoms with Crippen LogP contribution in [0.4, 0.5) is 0 Å². The number of hydrogen-bond acceptors (Lipinski definition) is 0. The standard InChI is InChI=1S/C16H28.C2H6/c1-8-16(6,7)12-11-14(4)9-10-15(5)13(2)3;1-2/h9-13H,8H2,1-7H3;1-2H3/b12-11+,14-9+,15-10+;. The Morgan fingerprint density at radius 2 is 1.56 bits per heavy atom.